The summed E-state index contributed by atoms with van der Waals surface area (Å²) in [6.45, 7) is 2.03. The van der Waals surface area contributed by atoms with Gasteiger partial charge in [-0.05, 0) is 37.1 Å². The number of carbonyl (C=O) groups is 1. The lowest BCUT2D eigenvalue weighted by molar-refractivity contribution is 0.0935. The minimum Gasteiger partial charge on any atom is -0.349 e. The largest absolute Gasteiger partial charge is 0.349 e. The van der Waals surface area contributed by atoms with E-state index in [2.05, 4.69) is 21.2 Å². The van der Waals surface area contributed by atoms with Crippen molar-refractivity contribution in [2.24, 2.45) is 0 Å². The molecule has 0 bridgehead atoms. The Balaban J connectivity index is 2.60. The van der Waals surface area contributed by atoms with Crippen molar-refractivity contribution in [1.29, 1.82) is 0 Å². The highest BCUT2D eigenvalue weighted by atomic mass is 79.9. The number of hydrogen-bond acceptors (Lipinski definition) is 1. The number of amides is 1. The van der Waals surface area contributed by atoms with Crippen molar-refractivity contribution >= 4 is 21.8 Å². The molecule has 1 aromatic carbocycles. The summed E-state index contributed by atoms with van der Waals surface area (Å²) < 4.78 is 12.7. The van der Waals surface area contributed by atoms with Crippen LogP contribution in [0, 0.1) is 5.82 Å². The topological polar surface area (TPSA) is 29.1 Å². The molecule has 1 unspecified atom stereocenters. The van der Waals surface area contributed by atoms with Gasteiger partial charge < -0.3 is 5.32 Å². The van der Waals surface area contributed by atoms with Crippen LogP contribution >= 0.6 is 15.9 Å². The van der Waals surface area contributed by atoms with Crippen LogP contribution < -0.4 is 5.32 Å². The Morgan fingerprint density at radius 2 is 2.06 bits per heavy atom. The Hall–Kier alpha value is -0.900. The fourth-order valence-corrected chi connectivity index (χ4v) is 1.93. The SMILES string of the molecule is CCC(CCBr)NC(=O)c1ccc(F)cc1. The van der Waals surface area contributed by atoms with Crippen molar-refractivity contribution < 1.29 is 9.18 Å². The summed E-state index contributed by atoms with van der Waals surface area (Å²) in [4.78, 5) is 11.8. The third-order valence-corrected chi connectivity index (χ3v) is 2.85. The summed E-state index contributed by atoms with van der Waals surface area (Å²) >= 11 is 3.35. The second-order valence-electron chi connectivity index (χ2n) is 3.56. The summed E-state index contributed by atoms with van der Waals surface area (Å²) in [5, 5.41) is 3.77. The van der Waals surface area contributed by atoms with E-state index in [1.54, 1.807) is 0 Å². The summed E-state index contributed by atoms with van der Waals surface area (Å²) in [7, 11) is 0. The maximum absolute atomic E-state index is 12.7. The first kappa shape index (κ1) is 13.2. The van der Waals surface area contributed by atoms with Gasteiger partial charge in [0.1, 0.15) is 5.82 Å². The van der Waals surface area contributed by atoms with Crippen LogP contribution in [0.15, 0.2) is 24.3 Å². The van der Waals surface area contributed by atoms with Gasteiger partial charge in [0.15, 0.2) is 0 Å². The zero-order chi connectivity index (χ0) is 12.0. The molecule has 0 aliphatic rings. The number of nitrogens with one attached hydrogen (secondary N) is 1. The Morgan fingerprint density at radius 3 is 2.56 bits per heavy atom. The molecule has 0 heterocycles. The van der Waals surface area contributed by atoms with Gasteiger partial charge >= 0.3 is 0 Å². The zero-order valence-electron chi connectivity index (χ0n) is 9.17. The van der Waals surface area contributed by atoms with Gasteiger partial charge in [0.05, 0.1) is 0 Å². The predicted octanol–water partition coefficient (Wildman–Crippen LogP) is 3.12. The normalized spacial score (nSPS) is 12.2. The molecule has 1 aromatic rings. The molecular weight excluding hydrogens is 273 g/mol. The highest BCUT2D eigenvalue weighted by Crippen LogP contribution is 2.05. The number of halogens is 2. The number of carbonyl (C=O) groups excluding carboxylic acids is 1. The molecule has 0 saturated heterocycles. The van der Waals surface area contributed by atoms with E-state index in [4.69, 9.17) is 0 Å². The van der Waals surface area contributed by atoms with Gasteiger partial charge in [-0.2, -0.15) is 0 Å². The molecule has 0 spiro atoms. The summed E-state index contributed by atoms with van der Waals surface area (Å²) in [6.07, 6.45) is 1.78. The van der Waals surface area contributed by atoms with Crippen molar-refractivity contribution in [3.63, 3.8) is 0 Å². The van der Waals surface area contributed by atoms with E-state index in [1.807, 2.05) is 6.92 Å². The number of alkyl halides is 1. The highest BCUT2D eigenvalue weighted by molar-refractivity contribution is 9.09. The van der Waals surface area contributed by atoms with Gasteiger partial charge in [-0.15, -0.1) is 0 Å². The maximum atomic E-state index is 12.7. The quantitative estimate of drug-likeness (QED) is 0.829. The standard InChI is InChI=1S/C12H15BrFNO/c1-2-11(7-8-13)15-12(16)9-3-5-10(14)6-4-9/h3-6,11H,2,7-8H2,1H3,(H,15,16). The first-order chi connectivity index (χ1) is 7.67. The summed E-state index contributed by atoms with van der Waals surface area (Å²) in [5.41, 5.74) is 0.495. The van der Waals surface area contributed by atoms with Crippen LogP contribution in [0.2, 0.25) is 0 Å². The summed E-state index contributed by atoms with van der Waals surface area (Å²) in [5.74, 6) is -0.475. The average Bonchev–Trinajstić information content (AvgIpc) is 2.29. The average molecular weight is 288 g/mol. The lowest BCUT2D eigenvalue weighted by atomic mass is 10.1. The lowest BCUT2D eigenvalue weighted by Gasteiger charge is -2.15. The van der Waals surface area contributed by atoms with Crippen molar-refractivity contribution in [3.8, 4) is 0 Å². The molecule has 0 saturated carbocycles. The third-order valence-electron chi connectivity index (χ3n) is 2.39. The van der Waals surface area contributed by atoms with Crippen molar-refractivity contribution in [2.75, 3.05) is 5.33 Å². The van der Waals surface area contributed by atoms with Gasteiger partial charge in [-0.1, -0.05) is 22.9 Å². The highest BCUT2D eigenvalue weighted by Gasteiger charge is 2.11. The smallest absolute Gasteiger partial charge is 0.251 e. The Labute approximate surface area is 103 Å². The predicted molar refractivity (Wildman–Crippen MR) is 66.4 cm³/mol. The van der Waals surface area contributed by atoms with Crippen molar-refractivity contribution in [3.05, 3.63) is 35.6 Å². The van der Waals surface area contributed by atoms with Crippen LogP contribution in [0.5, 0.6) is 0 Å². The molecule has 16 heavy (non-hydrogen) atoms. The minimum atomic E-state index is -0.330. The van der Waals surface area contributed by atoms with Crippen LogP contribution in [0.1, 0.15) is 30.1 Å². The zero-order valence-corrected chi connectivity index (χ0v) is 10.8. The van der Waals surface area contributed by atoms with E-state index in [0.29, 0.717) is 5.56 Å². The fraction of sp³-hybridized carbons (Fsp3) is 0.417. The third kappa shape index (κ3) is 3.93. The number of benzene rings is 1. The van der Waals surface area contributed by atoms with Gasteiger partial charge in [0, 0.05) is 16.9 Å². The van der Waals surface area contributed by atoms with Gasteiger partial charge in [-0.3, -0.25) is 4.79 Å². The molecule has 0 aromatic heterocycles. The van der Waals surface area contributed by atoms with Crippen molar-refractivity contribution in [1.82, 2.24) is 5.32 Å². The molecule has 0 radical (unpaired) electrons. The van der Waals surface area contributed by atoms with E-state index in [-0.39, 0.29) is 17.8 Å². The second kappa shape index (κ2) is 6.63. The Morgan fingerprint density at radius 1 is 1.44 bits per heavy atom. The van der Waals surface area contributed by atoms with E-state index < -0.39 is 0 Å². The van der Waals surface area contributed by atoms with Crippen LogP contribution in [0.4, 0.5) is 4.39 Å². The molecule has 1 amide bonds. The Kier molecular flexibility index (Phi) is 5.46. The fourth-order valence-electron chi connectivity index (χ4n) is 1.38. The monoisotopic (exact) mass is 287 g/mol. The van der Waals surface area contributed by atoms with E-state index in [1.165, 1.54) is 24.3 Å². The lowest BCUT2D eigenvalue weighted by Crippen LogP contribution is -2.34. The number of hydrogen-bond donors (Lipinski definition) is 1. The molecule has 0 fully saturated rings. The minimum absolute atomic E-state index is 0.146. The molecule has 2 nitrogen and oxygen atoms in total. The van der Waals surface area contributed by atoms with E-state index in [9.17, 15) is 9.18 Å². The molecule has 1 N–H and O–H groups in total. The van der Waals surface area contributed by atoms with Gasteiger partial charge in [0.25, 0.3) is 5.91 Å². The van der Waals surface area contributed by atoms with Gasteiger partial charge in [0.2, 0.25) is 0 Å². The molecule has 88 valence electrons. The molecule has 1 rings (SSSR count). The van der Waals surface area contributed by atoms with Crippen LogP contribution in [-0.2, 0) is 0 Å². The van der Waals surface area contributed by atoms with Crippen LogP contribution in [0.25, 0.3) is 0 Å². The molecule has 4 heteroatoms. The summed E-state index contributed by atoms with van der Waals surface area (Å²) in [6, 6.07) is 5.73. The van der Waals surface area contributed by atoms with E-state index >= 15 is 0 Å². The first-order valence-electron chi connectivity index (χ1n) is 5.29. The van der Waals surface area contributed by atoms with Crippen molar-refractivity contribution in [2.45, 2.75) is 25.8 Å². The first-order valence-corrected chi connectivity index (χ1v) is 6.42. The van der Waals surface area contributed by atoms with Crippen LogP contribution in [0.3, 0.4) is 0 Å². The maximum Gasteiger partial charge on any atom is 0.251 e. The molecule has 0 aliphatic heterocycles. The van der Waals surface area contributed by atoms with Gasteiger partial charge in [-0.25, -0.2) is 4.39 Å². The molecular formula is C12H15BrFNO. The molecule has 0 aliphatic carbocycles. The van der Waals surface area contributed by atoms with Crippen LogP contribution in [-0.4, -0.2) is 17.3 Å². The Bertz CT molecular complexity index is 339. The van der Waals surface area contributed by atoms with E-state index in [0.717, 1.165) is 18.2 Å². The second-order valence-corrected chi connectivity index (χ2v) is 4.36. The molecule has 1 atom stereocenters. The number of rotatable bonds is 5.